The standard InChI is InChI=1S/C23H19F2N7O2.ClH/c24-20-5-13(32-10-14(34-22(32)33)9-31-11-21(25)29-30-31)1-2-15(20)16-6-27-4-3-17(16)23(12-26)18-7-28-8-19(18)23;/h1-6,11,14,18-19,28H,7-10H2;1H/t14-,18?,19?,23?;/m0./s1. The molecule has 9 nitrogen and oxygen atoms in total. The van der Waals surface area contributed by atoms with Gasteiger partial charge in [0.25, 0.3) is 5.95 Å². The zero-order chi connectivity index (χ0) is 23.4. The number of nitrogens with zero attached hydrogens (tertiary/aromatic N) is 6. The number of carbonyl (C=O) groups is 1. The van der Waals surface area contributed by atoms with E-state index in [-0.39, 0.29) is 37.3 Å². The predicted octanol–water partition coefficient (Wildman–Crippen LogP) is 2.68. The highest BCUT2D eigenvalue weighted by Crippen LogP contribution is 2.62. The Balaban J connectivity index is 0.00000253. The molecule has 2 aliphatic heterocycles. The monoisotopic (exact) mass is 499 g/mol. The number of carbonyl (C=O) groups excluding carboxylic acids is 1. The van der Waals surface area contributed by atoms with Gasteiger partial charge in [-0.25, -0.2) is 13.9 Å². The van der Waals surface area contributed by atoms with Crippen molar-refractivity contribution in [3.8, 4) is 17.2 Å². The lowest BCUT2D eigenvalue weighted by molar-refractivity contribution is 0.129. The van der Waals surface area contributed by atoms with Gasteiger partial charge in [0, 0.05) is 48.4 Å². The number of piperidine rings is 1. The summed E-state index contributed by atoms with van der Waals surface area (Å²) in [7, 11) is 0. The molecule has 1 aromatic carbocycles. The van der Waals surface area contributed by atoms with Gasteiger partial charge in [0.2, 0.25) is 0 Å². The highest BCUT2D eigenvalue weighted by atomic mass is 35.5. The summed E-state index contributed by atoms with van der Waals surface area (Å²) < 4.78 is 35.0. The minimum absolute atomic E-state index is 0. The third kappa shape index (κ3) is 3.61. The van der Waals surface area contributed by atoms with Crippen molar-refractivity contribution in [3.63, 3.8) is 0 Å². The van der Waals surface area contributed by atoms with Crippen LogP contribution in [0.4, 0.5) is 19.3 Å². The molecule has 0 bridgehead atoms. The van der Waals surface area contributed by atoms with Crippen molar-refractivity contribution in [1.29, 1.82) is 5.26 Å². The van der Waals surface area contributed by atoms with Gasteiger partial charge in [0.15, 0.2) is 0 Å². The smallest absolute Gasteiger partial charge is 0.414 e. The van der Waals surface area contributed by atoms with Crippen LogP contribution in [0.1, 0.15) is 5.56 Å². The van der Waals surface area contributed by atoms with Crippen LogP contribution in [0, 0.1) is 34.9 Å². The van der Waals surface area contributed by atoms with Crippen LogP contribution in [-0.2, 0) is 16.7 Å². The van der Waals surface area contributed by atoms with Gasteiger partial charge >= 0.3 is 6.09 Å². The van der Waals surface area contributed by atoms with Gasteiger partial charge in [-0.2, -0.15) is 9.65 Å². The third-order valence-electron chi connectivity index (χ3n) is 7.06. The number of hydrogen-bond acceptors (Lipinski definition) is 7. The van der Waals surface area contributed by atoms with Gasteiger partial charge in [0.1, 0.15) is 11.9 Å². The molecule has 35 heavy (non-hydrogen) atoms. The van der Waals surface area contributed by atoms with Crippen molar-refractivity contribution in [2.24, 2.45) is 11.8 Å². The first kappa shape index (κ1) is 23.1. The Morgan fingerprint density at radius 2 is 2.03 bits per heavy atom. The van der Waals surface area contributed by atoms with Gasteiger partial charge in [-0.15, -0.1) is 12.4 Å². The van der Waals surface area contributed by atoms with E-state index in [4.69, 9.17) is 4.74 Å². The molecule has 0 radical (unpaired) electrons. The van der Waals surface area contributed by atoms with E-state index in [2.05, 4.69) is 26.7 Å². The molecule has 6 rings (SSSR count). The molecule has 3 aliphatic rings. The largest absolute Gasteiger partial charge is 0.442 e. The number of aromatic nitrogens is 4. The van der Waals surface area contributed by atoms with Crippen LogP contribution in [0.25, 0.3) is 11.1 Å². The summed E-state index contributed by atoms with van der Waals surface area (Å²) in [5.74, 6) is -0.845. The van der Waals surface area contributed by atoms with Crippen LogP contribution >= 0.6 is 12.4 Å². The van der Waals surface area contributed by atoms with E-state index in [1.807, 2.05) is 0 Å². The van der Waals surface area contributed by atoms with E-state index < -0.39 is 29.4 Å². The molecule has 3 atom stereocenters. The van der Waals surface area contributed by atoms with E-state index in [1.165, 1.54) is 15.6 Å². The number of rotatable bonds is 5. The summed E-state index contributed by atoms with van der Waals surface area (Å²) in [5.41, 5.74) is 1.39. The predicted molar refractivity (Wildman–Crippen MR) is 122 cm³/mol. The quantitative estimate of drug-likeness (QED) is 0.575. The molecule has 1 N–H and O–H groups in total. The van der Waals surface area contributed by atoms with Crippen molar-refractivity contribution < 1.29 is 18.3 Å². The minimum Gasteiger partial charge on any atom is -0.442 e. The number of anilines is 1. The van der Waals surface area contributed by atoms with E-state index in [1.54, 1.807) is 30.6 Å². The molecule has 1 aliphatic carbocycles. The molecule has 4 heterocycles. The molecular weight excluding hydrogens is 480 g/mol. The molecule has 2 unspecified atom stereocenters. The Labute approximate surface area is 205 Å². The summed E-state index contributed by atoms with van der Waals surface area (Å²) in [6.07, 6.45) is 3.12. The van der Waals surface area contributed by atoms with E-state index >= 15 is 4.39 Å². The molecule has 2 saturated heterocycles. The zero-order valence-electron chi connectivity index (χ0n) is 18.3. The molecule has 1 amide bonds. The van der Waals surface area contributed by atoms with E-state index in [0.29, 0.717) is 16.8 Å². The second-order valence-corrected chi connectivity index (χ2v) is 8.82. The first-order valence-electron chi connectivity index (χ1n) is 10.9. The van der Waals surface area contributed by atoms with E-state index in [9.17, 15) is 14.4 Å². The van der Waals surface area contributed by atoms with Crippen molar-refractivity contribution >= 4 is 24.2 Å². The normalized spacial score (nSPS) is 26.6. The Hall–Kier alpha value is -3.62. The topological polar surface area (TPSA) is 109 Å². The Bertz CT molecular complexity index is 1330. The molecule has 2 aromatic heterocycles. The highest BCUT2D eigenvalue weighted by Gasteiger charge is 2.68. The van der Waals surface area contributed by atoms with Crippen molar-refractivity contribution in [2.45, 2.75) is 18.1 Å². The summed E-state index contributed by atoms with van der Waals surface area (Å²) in [5, 5.41) is 20.2. The number of hydrogen-bond donors (Lipinski definition) is 1. The summed E-state index contributed by atoms with van der Waals surface area (Å²) in [6, 6.07) is 8.81. The number of nitrogens with one attached hydrogen (secondary N) is 1. The van der Waals surface area contributed by atoms with Crippen molar-refractivity contribution in [3.05, 3.63) is 60.2 Å². The molecular formula is C23H20ClF2N7O2. The van der Waals surface area contributed by atoms with Gasteiger partial charge in [-0.1, -0.05) is 10.3 Å². The summed E-state index contributed by atoms with van der Waals surface area (Å²) >= 11 is 0. The van der Waals surface area contributed by atoms with Gasteiger partial charge < -0.3 is 10.1 Å². The maximum absolute atomic E-state index is 15.4. The highest BCUT2D eigenvalue weighted by molar-refractivity contribution is 5.90. The molecule has 12 heteroatoms. The Kier molecular flexibility index (Phi) is 5.65. The molecule has 0 spiro atoms. The number of benzene rings is 1. The Morgan fingerprint density at radius 3 is 2.71 bits per heavy atom. The SMILES string of the molecule is Cl.N#CC1(c2ccncc2-c2ccc(N3C[C@H](Cn4cc(F)nn4)OC3=O)cc2F)C2CNCC21. The third-order valence-corrected chi connectivity index (χ3v) is 7.06. The molecule has 3 aromatic rings. The van der Waals surface area contributed by atoms with Crippen LogP contribution in [0.15, 0.2) is 42.9 Å². The first-order chi connectivity index (χ1) is 16.5. The lowest BCUT2D eigenvalue weighted by Crippen LogP contribution is -2.26. The fourth-order valence-electron chi connectivity index (χ4n) is 5.43. The van der Waals surface area contributed by atoms with Crippen molar-refractivity contribution in [1.82, 2.24) is 25.3 Å². The fourth-order valence-corrected chi connectivity index (χ4v) is 5.43. The maximum Gasteiger partial charge on any atom is 0.414 e. The number of pyridine rings is 1. The first-order valence-corrected chi connectivity index (χ1v) is 10.9. The van der Waals surface area contributed by atoms with Crippen LogP contribution in [0.2, 0.25) is 0 Å². The molecule has 3 fully saturated rings. The number of cyclic esters (lactones) is 1. The minimum atomic E-state index is -0.724. The summed E-state index contributed by atoms with van der Waals surface area (Å²) in [6.45, 7) is 1.82. The molecule has 1 saturated carbocycles. The maximum atomic E-state index is 15.4. The number of ether oxygens (including phenoxy) is 1. The van der Waals surface area contributed by atoms with Gasteiger partial charge in [-0.3, -0.25) is 9.88 Å². The fraction of sp³-hybridized carbons (Fsp3) is 0.348. The van der Waals surface area contributed by atoms with Crippen LogP contribution in [0.3, 0.4) is 0 Å². The lowest BCUT2D eigenvalue weighted by Gasteiger charge is -2.19. The zero-order valence-corrected chi connectivity index (χ0v) is 19.1. The Morgan fingerprint density at radius 1 is 1.23 bits per heavy atom. The molecule has 180 valence electrons. The second-order valence-electron chi connectivity index (χ2n) is 8.82. The van der Waals surface area contributed by atoms with Crippen molar-refractivity contribution in [2.75, 3.05) is 24.5 Å². The second kappa shape index (κ2) is 8.55. The number of halogens is 3. The van der Waals surface area contributed by atoms with Crippen LogP contribution in [0.5, 0.6) is 0 Å². The van der Waals surface area contributed by atoms with E-state index in [0.717, 1.165) is 24.8 Å². The number of nitriles is 1. The van der Waals surface area contributed by atoms with Gasteiger partial charge in [-0.05, 0) is 29.8 Å². The average Bonchev–Trinajstić information content (AvgIpc) is 3.29. The number of fused-ring (bicyclic) bond motifs is 1. The van der Waals surface area contributed by atoms with Crippen LogP contribution < -0.4 is 10.2 Å². The number of amides is 1. The summed E-state index contributed by atoms with van der Waals surface area (Å²) in [4.78, 5) is 17.9. The van der Waals surface area contributed by atoms with Gasteiger partial charge in [0.05, 0.1) is 36.5 Å². The average molecular weight is 500 g/mol. The lowest BCUT2D eigenvalue weighted by atomic mass is 9.86. The van der Waals surface area contributed by atoms with Crippen LogP contribution in [-0.4, -0.2) is 51.8 Å².